The van der Waals surface area contributed by atoms with Gasteiger partial charge in [-0.25, -0.2) is 0 Å². The summed E-state index contributed by atoms with van der Waals surface area (Å²) in [5.41, 5.74) is 1.45. The number of fused-ring (bicyclic) bond motifs is 3. The smallest absolute Gasteiger partial charge is 0.0355 e. The van der Waals surface area contributed by atoms with Crippen LogP contribution in [0, 0.1) is 0 Å². The molecule has 1 aromatic heterocycles. The van der Waals surface area contributed by atoms with Gasteiger partial charge in [-0.15, -0.1) is 11.3 Å². The predicted octanol–water partition coefficient (Wildman–Crippen LogP) is 4.87. The fourth-order valence-corrected chi connectivity index (χ4v) is 4.18. The molecular formula is C17H17NS. The van der Waals surface area contributed by atoms with E-state index in [2.05, 4.69) is 47.8 Å². The van der Waals surface area contributed by atoms with E-state index in [9.17, 15) is 0 Å². The summed E-state index contributed by atoms with van der Waals surface area (Å²) in [5.74, 6) is 0. The molecule has 0 spiro atoms. The monoisotopic (exact) mass is 267 g/mol. The first-order chi connectivity index (χ1) is 9.42. The number of hydrogen-bond acceptors (Lipinski definition) is 2. The second-order valence-corrected chi connectivity index (χ2v) is 6.44. The second kappa shape index (κ2) is 4.62. The molecule has 1 N–H and O–H groups in total. The molecule has 0 saturated carbocycles. The van der Waals surface area contributed by atoms with Crippen LogP contribution in [0.5, 0.6) is 0 Å². The lowest BCUT2D eigenvalue weighted by Gasteiger charge is -2.23. The molecule has 1 unspecified atom stereocenters. The number of rotatable bonds is 1. The van der Waals surface area contributed by atoms with Gasteiger partial charge in [-0.05, 0) is 43.1 Å². The van der Waals surface area contributed by atoms with Crippen LogP contribution in [-0.4, -0.2) is 6.54 Å². The van der Waals surface area contributed by atoms with Crippen molar-refractivity contribution in [2.75, 3.05) is 6.54 Å². The first-order valence-electron chi connectivity index (χ1n) is 7.06. The highest BCUT2D eigenvalue weighted by Crippen LogP contribution is 2.35. The van der Waals surface area contributed by atoms with E-state index in [1.54, 1.807) is 0 Å². The molecule has 2 aromatic carbocycles. The predicted molar refractivity (Wildman–Crippen MR) is 83.9 cm³/mol. The lowest BCUT2D eigenvalue weighted by atomic mass is 9.96. The van der Waals surface area contributed by atoms with Crippen LogP contribution in [0.2, 0.25) is 0 Å². The van der Waals surface area contributed by atoms with E-state index in [1.165, 1.54) is 45.0 Å². The molecule has 0 amide bonds. The van der Waals surface area contributed by atoms with Crippen LogP contribution in [0.15, 0.2) is 42.5 Å². The third kappa shape index (κ3) is 1.96. The maximum Gasteiger partial charge on any atom is 0.0355 e. The quantitative estimate of drug-likeness (QED) is 0.663. The molecule has 1 atom stereocenters. The van der Waals surface area contributed by atoms with Crippen molar-refractivity contribution in [3.63, 3.8) is 0 Å². The minimum Gasteiger partial charge on any atom is -0.310 e. The summed E-state index contributed by atoms with van der Waals surface area (Å²) in [7, 11) is 0. The average molecular weight is 267 g/mol. The first-order valence-corrected chi connectivity index (χ1v) is 7.88. The summed E-state index contributed by atoms with van der Waals surface area (Å²) in [5, 5.41) is 6.47. The molecule has 0 aliphatic carbocycles. The van der Waals surface area contributed by atoms with Crippen molar-refractivity contribution < 1.29 is 0 Å². The summed E-state index contributed by atoms with van der Waals surface area (Å²) >= 11 is 1.90. The van der Waals surface area contributed by atoms with Crippen molar-refractivity contribution in [3.8, 4) is 0 Å². The first kappa shape index (κ1) is 11.4. The number of nitrogens with one attached hydrogen (secondary N) is 1. The molecule has 2 heterocycles. The third-order valence-corrected chi connectivity index (χ3v) is 5.27. The minimum atomic E-state index is 0.553. The van der Waals surface area contributed by atoms with E-state index >= 15 is 0 Å². The van der Waals surface area contributed by atoms with Crippen LogP contribution in [0.3, 0.4) is 0 Å². The van der Waals surface area contributed by atoms with Crippen molar-refractivity contribution in [2.24, 2.45) is 0 Å². The van der Waals surface area contributed by atoms with E-state index in [0.29, 0.717) is 6.04 Å². The van der Waals surface area contributed by atoms with Crippen LogP contribution in [-0.2, 0) is 0 Å². The van der Waals surface area contributed by atoms with Gasteiger partial charge >= 0.3 is 0 Å². The van der Waals surface area contributed by atoms with Crippen LogP contribution >= 0.6 is 11.3 Å². The van der Waals surface area contributed by atoms with E-state index in [4.69, 9.17) is 0 Å². The maximum atomic E-state index is 3.64. The molecular weight excluding hydrogens is 250 g/mol. The zero-order valence-corrected chi connectivity index (χ0v) is 11.7. The van der Waals surface area contributed by atoms with Gasteiger partial charge in [0.2, 0.25) is 0 Å². The maximum absolute atomic E-state index is 3.64. The Balaban J connectivity index is 1.87. The lowest BCUT2D eigenvalue weighted by molar-refractivity contribution is 0.412. The number of thiophene rings is 1. The highest BCUT2D eigenvalue weighted by molar-refractivity contribution is 7.25. The van der Waals surface area contributed by atoms with Crippen molar-refractivity contribution in [1.82, 2.24) is 5.32 Å². The molecule has 19 heavy (non-hydrogen) atoms. The minimum absolute atomic E-state index is 0.553. The fraction of sp³-hybridized carbons (Fsp3) is 0.294. The van der Waals surface area contributed by atoms with E-state index in [-0.39, 0.29) is 0 Å². The van der Waals surface area contributed by atoms with Crippen molar-refractivity contribution in [3.05, 3.63) is 48.0 Å². The summed E-state index contributed by atoms with van der Waals surface area (Å²) < 4.78 is 2.80. The van der Waals surface area contributed by atoms with Gasteiger partial charge in [-0.2, -0.15) is 0 Å². The molecule has 0 radical (unpaired) electrons. The van der Waals surface area contributed by atoms with Gasteiger partial charge in [-0.3, -0.25) is 0 Å². The van der Waals surface area contributed by atoms with Gasteiger partial charge in [-0.1, -0.05) is 30.7 Å². The molecule has 1 fully saturated rings. The van der Waals surface area contributed by atoms with E-state index in [0.717, 1.165) is 6.54 Å². The van der Waals surface area contributed by atoms with Crippen molar-refractivity contribution in [2.45, 2.75) is 25.3 Å². The fourth-order valence-electron chi connectivity index (χ4n) is 3.10. The summed E-state index contributed by atoms with van der Waals surface area (Å²) in [6.07, 6.45) is 3.94. The molecule has 96 valence electrons. The molecule has 1 nitrogen and oxygen atoms in total. The Kier molecular flexibility index (Phi) is 2.78. The van der Waals surface area contributed by atoms with Gasteiger partial charge in [0.25, 0.3) is 0 Å². The van der Waals surface area contributed by atoms with Crippen LogP contribution < -0.4 is 5.32 Å². The molecule has 3 aromatic rings. The van der Waals surface area contributed by atoms with Gasteiger partial charge in [0, 0.05) is 26.2 Å². The van der Waals surface area contributed by atoms with E-state index < -0.39 is 0 Å². The largest absolute Gasteiger partial charge is 0.310 e. The van der Waals surface area contributed by atoms with Gasteiger partial charge in [0.1, 0.15) is 0 Å². The zero-order chi connectivity index (χ0) is 12.7. The van der Waals surface area contributed by atoms with Gasteiger partial charge in [0.05, 0.1) is 0 Å². The molecule has 1 saturated heterocycles. The SMILES string of the molecule is c1ccc2c(c1)sc1ccc(C3CCCCN3)cc12. The summed E-state index contributed by atoms with van der Waals surface area (Å²) in [6.45, 7) is 1.16. The molecule has 0 bridgehead atoms. The zero-order valence-electron chi connectivity index (χ0n) is 10.9. The topological polar surface area (TPSA) is 12.0 Å². The molecule has 4 rings (SSSR count). The summed E-state index contributed by atoms with van der Waals surface area (Å²) in [6, 6.07) is 16.3. The van der Waals surface area contributed by atoms with E-state index in [1.807, 2.05) is 11.3 Å². The standard InChI is InChI=1S/C17H17NS/c1-2-7-16-13(5-1)14-11-12(8-9-17(14)19-16)15-6-3-4-10-18-15/h1-2,5,7-9,11,15,18H,3-4,6,10H2. The Bertz CT molecular complexity index is 722. The number of benzene rings is 2. The lowest BCUT2D eigenvalue weighted by Crippen LogP contribution is -2.26. The Morgan fingerprint density at radius 3 is 2.74 bits per heavy atom. The average Bonchev–Trinajstić information content (AvgIpc) is 2.86. The Morgan fingerprint density at radius 1 is 0.947 bits per heavy atom. The Morgan fingerprint density at radius 2 is 1.84 bits per heavy atom. The molecule has 2 heteroatoms. The molecule has 1 aliphatic heterocycles. The van der Waals surface area contributed by atoms with Crippen LogP contribution in [0.4, 0.5) is 0 Å². The van der Waals surface area contributed by atoms with Gasteiger partial charge in [0.15, 0.2) is 0 Å². The normalized spacial score (nSPS) is 20.1. The van der Waals surface area contributed by atoms with Gasteiger partial charge < -0.3 is 5.32 Å². The summed E-state index contributed by atoms with van der Waals surface area (Å²) in [4.78, 5) is 0. The van der Waals surface area contributed by atoms with Crippen molar-refractivity contribution >= 4 is 31.5 Å². The number of hydrogen-bond donors (Lipinski definition) is 1. The van der Waals surface area contributed by atoms with Crippen LogP contribution in [0.25, 0.3) is 20.2 Å². The Labute approximate surface area is 117 Å². The molecule has 1 aliphatic rings. The highest BCUT2D eigenvalue weighted by atomic mass is 32.1. The van der Waals surface area contributed by atoms with Crippen molar-refractivity contribution in [1.29, 1.82) is 0 Å². The Hall–Kier alpha value is -1.38. The van der Waals surface area contributed by atoms with Crippen LogP contribution in [0.1, 0.15) is 30.9 Å². The second-order valence-electron chi connectivity index (χ2n) is 5.36. The number of piperidine rings is 1. The third-order valence-electron chi connectivity index (χ3n) is 4.11. The highest BCUT2D eigenvalue weighted by Gasteiger charge is 2.15.